The standard InChI is InChI=1S/C9H20O6Si2/c1-16-14-5-3-12-8(10)7-9(11)13-4-6-15-17-2/h3-7,16-17H2,1-2H3. The zero-order valence-electron chi connectivity index (χ0n) is 10.4. The van der Waals surface area contributed by atoms with Gasteiger partial charge in [-0.1, -0.05) is 13.1 Å². The van der Waals surface area contributed by atoms with Gasteiger partial charge >= 0.3 is 11.9 Å². The first kappa shape index (κ1) is 16.3. The molecule has 0 heterocycles. The Morgan fingerprint density at radius 1 is 0.824 bits per heavy atom. The van der Waals surface area contributed by atoms with Crippen LogP contribution in [0.25, 0.3) is 0 Å². The summed E-state index contributed by atoms with van der Waals surface area (Å²) in [6.45, 7) is 5.16. The minimum absolute atomic E-state index is 0.192. The van der Waals surface area contributed by atoms with Crippen LogP contribution in [0.4, 0.5) is 0 Å². The number of ether oxygens (including phenoxy) is 2. The zero-order chi connectivity index (χ0) is 12.9. The van der Waals surface area contributed by atoms with Gasteiger partial charge in [0.05, 0.1) is 13.2 Å². The van der Waals surface area contributed by atoms with Crippen LogP contribution in [0.5, 0.6) is 0 Å². The lowest BCUT2D eigenvalue weighted by Gasteiger charge is -2.06. The smallest absolute Gasteiger partial charge is 0.317 e. The molecule has 0 spiro atoms. The highest BCUT2D eigenvalue weighted by Crippen LogP contribution is 1.91. The lowest BCUT2D eigenvalue weighted by molar-refractivity contribution is -0.155. The molecule has 0 aliphatic rings. The van der Waals surface area contributed by atoms with Crippen molar-refractivity contribution in [2.45, 2.75) is 19.5 Å². The monoisotopic (exact) mass is 280 g/mol. The van der Waals surface area contributed by atoms with Crippen molar-refractivity contribution in [3.63, 3.8) is 0 Å². The number of esters is 2. The van der Waals surface area contributed by atoms with Gasteiger partial charge in [-0.05, 0) is 0 Å². The largest absolute Gasteiger partial charge is 0.463 e. The number of carbonyl (C=O) groups is 2. The fraction of sp³-hybridized carbons (Fsp3) is 0.778. The molecular formula is C9H20O6Si2. The fourth-order valence-corrected chi connectivity index (χ4v) is 1.75. The van der Waals surface area contributed by atoms with Crippen LogP contribution in [0, 0.1) is 0 Å². The van der Waals surface area contributed by atoms with Gasteiger partial charge in [-0.2, -0.15) is 0 Å². The van der Waals surface area contributed by atoms with Crippen molar-refractivity contribution < 1.29 is 27.9 Å². The third-order valence-corrected chi connectivity index (χ3v) is 3.07. The summed E-state index contributed by atoms with van der Waals surface area (Å²) < 4.78 is 19.8. The molecule has 0 rings (SSSR count). The first-order valence-corrected chi connectivity index (χ1v) is 9.65. The molecule has 0 aliphatic carbocycles. The molecular weight excluding hydrogens is 260 g/mol. The summed E-state index contributed by atoms with van der Waals surface area (Å²) in [7, 11) is -0.926. The molecule has 0 bridgehead atoms. The normalized spacial score (nSPS) is 11.4. The van der Waals surface area contributed by atoms with E-state index in [1.54, 1.807) is 0 Å². The molecule has 0 atom stereocenters. The summed E-state index contributed by atoms with van der Waals surface area (Å²) in [4.78, 5) is 22.2. The van der Waals surface area contributed by atoms with Crippen LogP contribution in [-0.2, 0) is 27.9 Å². The summed E-state index contributed by atoms with van der Waals surface area (Å²) in [6, 6.07) is 0. The fourth-order valence-electron chi connectivity index (χ4n) is 0.937. The molecule has 0 N–H and O–H groups in total. The SMILES string of the molecule is C[SiH2]OCCOC(=O)CC(=O)OCCO[SiH2]C. The summed E-state index contributed by atoms with van der Waals surface area (Å²) in [6.07, 6.45) is -0.354. The van der Waals surface area contributed by atoms with E-state index in [0.29, 0.717) is 13.2 Å². The highest BCUT2D eigenvalue weighted by atomic mass is 28.2. The third kappa shape index (κ3) is 11.6. The molecule has 0 aliphatic heterocycles. The molecule has 100 valence electrons. The van der Waals surface area contributed by atoms with Gasteiger partial charge in [0.15, 0.2) is 19.5 Å². The Balaban J connectivity index is 3.42. The number of carbonyl (C=O) groups excluding carboxylic acids is 2. The quantitative estimate of drug-likeness (QED) is 0.216. The summed E-state index contributed by atoms with van der Waals surface area (Å²) in [5.41, 5.74) is 0. The van der Waals surface area contributed by atoms with Gasteiger partial charge in [-0.3, -0.25) is 9.59 Å². The number of rotatable bonds is 10. The van der Waals surface area contributed by atoms with Crippen LogP contribution in [0.2, 0.25) is 13.1 Å². The Kier molecular flexibility index (Phi) is 11.3. The van der Waals surface area contributed by atoms with E-state index in [0.717, 1.165) is 0 Å². The zero-order valence-corrected chi connectivity index (χ0v) is 13.2. The number of hydrogen-bond acceptors (Lipinski definition) is 6. The van der Waals surface area contributed by atoms with Crippen LogP contribution in [0.15, 0.2) is 0 Å². The van der Waals surface area contributed by atoms with Gasteiger partial charge in [0.25, 0.3) is 0 Å². The van der Waals surface area contributed by atoms with Crippen LogP contribution in [-0.4, -0.2) is 57.9 Å². The molecule has 0 unspecified atom stereocenters. The Hall–Kier alpha value is -0.706. The molecule has 0 radical (unpaired) electrons. The maximum Gasteiger partial charge on any atom is 0.317 e. The Bertz CT molecular complexity index is 202. The van der Waals surface area contributed by atoms with E-state index in [-0.39, 0.29) is 19.6 Å². The summed E-state index contributed by atoms with van der Waals surface area (Å²) in [5.74, 6) is -1.16. The Morgan fingerprint density at radius 2 is 1.24 bits per heavy atom. The molecule has 0 amide bonds. The maximum atomic E-state index is 11.1. The average Bonchev–Trinajstić information content (AvgIpc) is 2.30. The molecule has 17 heavy (non-hydrogen) atoms. The molecule has 0 saturated carbocycles. The van der Waals surface area contributed by atoms with E-state index in [1.165, 1.54) is 0 Å². The molecule has 0 aromatic rings. The van der Waals surface area contributed by atoms with Crippen molar-refractivity contribution in [2.75, 3.05) is 26.4 Å². The number of hydrogen-bond donors (Lipinski definition) is 0. The van der Waals surface area contributed by atoms with E-state index in [1.807, 2.05) is 13.1 Å². The topological polar surface area (TPSA) is 71.1 Å². The first-order valence-electron chi connectivity index (χ1n) is 5.67. The summed E-state index contributed by atoms with van der Waals surface area (Å²) >= 11 is 0. The average molecular weight is 280 g/mol. The maximum absolute atomic E-state index is 11.1. The van der Waals surface area contributed by atoms with Crippen molar-refractivity contribution in [1.82, 2.24) is 0 Å². The van der Waals surface area contributed by atoms with Gasteiger partial charge in [0.1, 0.15) is 19.6 Å². The van der Waals surface area contributed by atoms with Gasteiger partial charge in [0.2, 0.25) is 0 Å². The van der Waals surface area contributed by atoms with Gasteiger partial charge in [-0.15, -0.1) is 0 Å². The third-order valence-electron chi connectivity index (χ3n) is 1.68. The molecule has 0 fully saturated rings. The Morgan fingerprint density at radius 3 is 1.59 bits per heavy atom. The lowest BCUT2D eigenvalue weighted by atomic mass is 10.4. The predicted octanol–water partition coefficient (Wildman–Crippen LogP) is -1.24. The highest BCUT2D eigenvalue weighted by molar-refractivity contribution is 6.24. The van der Waals surface area contributed by atoms with Crippen LogP contribution in [0.3, 0.4) is 0 Å². The molecule has 8 heteroatoms. The molecule has 6 nitrogen and oxygen atoms in total. The van der Waals surface area contributed by atoms with Crippen LogP contribution in [0.1, 0.15) is 6.42 Å². The minimum atomic E-state index is -0.581. The lowest BCUT2D eigenvalue weighted by Crippen LogP contribution is -2.18. The van der Waals surface area contributed by atoms with Crippen molar-refractivity contribution in [2.24, 2.45) is 0 Å². The second-order valence-electron chi connectivity index (χ2n) is 3.01. The first-order chi connectivity index (χ1) is 8.20. The summed E-state index contributed by atoms with van der Waals surface area (Å²) in [5, 5.41) is 0. The van der Waals surface area contributed by atoms with Crippen LogP contribution >= 0.6 is 0 Å². The minimum Gasteiger partial charge on any atom is -0.463 e. The predicted molar refractivity (Wildman–Crippen MR) is 67.3 cm³/mol. The van der Waals surface area contributed by atoms with E-state index in [9.17, 15) is 9.59 Å². The highest BCUT2D eigenvalue weighted by Gasteiger charge is 2.11. The van der Waals surface area contributed by atoms with Gasteiger partial charge < -0.3 is 18.3 Å². The van der Waals surface area contributed by atoms with E-state index in [4.69, 9.17) is 18.3 Å². The van der Waals surface area contributed by atoms with E-state index < -0.39 is 31.5 Å². The second kappa shape index (κ2) is 11.8. The van der Waals surface area contributed by atoms with E-state index >= 15 is 0 Å². The van der Waals surface area contributed by atoms with E-state index in [2.05, 4.69) is 0 Å². The van der Waals surface area contributed by atoms with Crippen molar-refractivity contribution in [1.29, 1.82) is 0 Å². The molecule has 0 saturated heterocycles. The second-order valence-corrected chi connectivity index (χ2v) is 4.98. The Labute approximate surface area is 106 Å². The van der Waals surface area contributed by atoms with Crippen molar-refractivity contribution in [3.05, 3.63) is 0 Å². The van der Waals surface area contributed by atoms with Crippen molar-refractivity contribution in [3.8, 4) is 0 Å². The van der Waals surface area contributed by atoms with Gasteiger partial charge in [0, 0.05) is 0 Å². The molecule has 0 aromatic carbocycles. The van der Waals surface area contributed by atoms with Crippen molar-refractivity contribution >= 4 is 31.5 Å². The van der Waals surface area contributed by atoms with Gasteiger partial charge in [-0.25, -0.2) is 0 Å². The molecule has 0 aromatic heterocycles. The van der Waals surface area contributed by atoms with Crippen LogP contribution < -0.4 is 0 Å².